The van der Waals surface area contributed by atoms with Gasteiger partial charge < -0.3 is 0 Å². The number of amidine groups is 1. The van der Waals surface area contributed by atoms with Gasteiger partial charge in [0.15, 0.2) is 0 Å². The van der Waals surface area contributed by atoms with E-state index in [1.54, 1.807) is 0 Å². The summed E-state index contributed by atoms with van der Waals surface area (Å²) in [6, 6.07) is 0. The second-order valence-corrected chi connectivity index (χ2v) is 2.67. The Morgan fingerprint density at radius 3 is 2.53 bits per heavy atom. The van der Waals surface area contributed by atoms with Crippen molar-refractivity contribution in [3.05, 3.63) is 0 Å². The van der Waals surface area contributed by atoms with Crippen molar-refractivity contribution >= 4 is 36.4 Å². The lowest BCUT2D eigenvalue weighted by atomic mass is 10.5. The standard InChI is InChI=1S/C8H3N7/c1-2-5-13-7-11-3-9-6-10-4-12-8(14-5)15(6)7/h1,3-4H. The normalized spacial score (nSPS) is 20.9. The minimum Gasteiger partial charge on any atom is -0.213 e. The van der Waals surface area contributed by atoms with Crippen LogP contribution < -0.4 is 0 Å². The van der Waals surface area contributed by atoms with Gasteiger partial charge in [-0.25, -0.2) is 24.9 Å². The third-order valence-corrected chi connectivity index (χ3v) is 1.83. The topological polar surface area (TPSA) is 77.4 Å². The Hall–Kier alpha value is -2.62. The number of terminal acetylenes is 1. The Bertz CT molecular complexity index is 550. The zero-order valence-corrected chi connectivity index (χ0v) is 7.36. The van der Waals surface area contributed by atoms with Gasteiger partial charge in [0.2, 0.25) is 23.7 Å². The van der Waals surface area contributed by atoms with E-state index in [9.17, 15) is 0 Å². The van der Waals surface area contributed by atoms with Crippen molar-refractivity contribution in [3.8, 4) is 12.3 Å². The highest BCUT2D eigenvalue weighted by Gasteiger charge is 2.30. The van der Waals surface area contributed by atoms with Gasteiger partial charge in [0.05, 0.1) is 0 Å². The summed E-state index contributed by atoms with van der Waals surface area (Å²) in [4.78, 5) is 25.4. The third-order valence-electron chi connectivity index (χ3n) is 1.83. The average molecular weight is 197 g/mol. The van der Waals surface area contributed by atoms with Crippen LogP contribution in [0.5, 0.6) is 0 Å². The molecule has 3 aliphatic heterocycles. The zero-order chi connectivity index (χ0) is 10.3. The Balaban J connectivity index is 2.22. The molecule has 0 radical (unpaired) electrons. The first-order chi connectivity index (χ1) is 7.38. The molecule has 0 aromatic carbocycles. The molecular weight excluding hydrogens is 194 g/mol. The smallest absolute Gasteiger partial charge is 0.213 e. The van der Waals surface area contributed by atoms with Crippen molar-refractivity contribution < 1.29 is 0 Å². The van der Waals surface area contributed by atoms with Crippen LogP contribution in [0.25, 0.3) is 0 Å². The number of hydrogen-bond acceptors (Lipinski definition) is 7. The molecule has 0 fully saturated rings. The molecule has 3 rings (SSSR count). The fourth-order valence-electron chi connectivity index (χ4n) is 1.23. The van der Waals surface area contributed by atoms with Crippen molar-refractivity contribution in [3.63, 3.8) is 0 Å². The maximum atomic E-state index is 5.22. The monoisotopic (exact) mass is 197 g/mol. The van der Waals surface area contributed by atoms with E-state index in [0.717, 1.165) is 0 Å². The lowest BCUT2D eigenvalue weighted by molar-refractivity contribution is 0.834. The molecule has 0 saturated heterocycles. The zero-order valence-electron chi connectivity index (χ0n) is 7.36. The molecule has 15 heavy (non-hydrogen) atoms. The first kappa shape index (κ1) is 7.75. The van der Waals surface area contributed by atoms with E-state index in [4.69, 9.17) is 6.42 Å². The van der Waals surface area contributed by atoms with Crippen LogP contribution in [0.15, 0.2) is 30.0 Å². The van der Waals surface area contributed by atoms with Crippen LogP contribution in [0, 0.1) is 12.3 Å². The van der Waals surface area contributed by atoms with Crippen molar-refractivity contribution in [1.29, 1.82) is 0 Å². The Morgan fingerprint density at radius 2 is 1.73 bits per heavy atom. The highest BCUT2D eigenvalue weighted by atomic mass is 15.5. The van der Waals surface area contributed by atoms with Crippen molar-refractivity contribution in [2.24, 2.45) is 30.0 Å². The molecule has 3 aliphatic rings. The number of aliphatic imine (C=N–C) groups is 6. The molecule has 0 bridgehead atoms. The summed E-state index contributed by atoms with van der Waals surface area (Å²) in [5, 5.41) is 0. The van der Waals surface area contributed by atoms with E-state index >= 15 is 0 Å². The molecule has 0 aliphatic carbocycles. The minimum absolute atomic E-state index is 0.244. The Kier molecular flexibility index (Phi) is 1.39. The van der Waals surface area contributed by atoms with Crippen LogP contribution >= 0.6 is 0 Å². The summed E-state index contributed by atoms with van der Waals surface area (Å²) in [7, 11) is 0. The summed E-state index contributed by atoms with van der Waals surface area (Å²) < 4.78 is 0. The number of hydrogen-bond donors (Lipinski definition) is 0. The Morgan fingerprint density at radius 1 is 1.00 bits per heavy atom. The van der Waals surface area contributed by atoms with Crippen LogP contribution in [-0.2, 0) is 0 Å². The van der Waals surface area contributed by atoms with E-state index in [0.29, 0.717) is 17.9 Å². The van der Waals surface area contributed by atoms with Crippen LogP contribution in [-0.4, -0.2) is 41.3 Å². The van der Waals surface area contributed by atoms with Crippen molar-refractivity contribution in [1.82, 2.24) is 4.90 Å². The summed E-state index contributed by atoms with van der Waals surface area (Å²) in [6.07, 6.45) is 7.95. The summed E-state index contributed by atoms with van der Waals surface area (Å²) >= 11 is 0. The summed E-state index contributed by atoms with van der Waals surface area (Å²) in [6.45, 7) is 0. The molecule has 0 N–H and O–H groups in total. The van der Waals surface area contributed by atoms with Crippen LogP contribution in [0.2, 0.25) is 0 Å². The molecule has 0 aromatic heterocycles. The van der Waals surface area contributed by atoms with Crippen molar-refractivity contribution in [2.75, 3.05) is 0 Å². The van der Waals surface area contributed by atoms with Crippen LogP contribution in [0.1, 0.15) is 0 Å². The lowest BCUT2D eigenvalue weighted by Crippen LogP contribution is -2.45. The van der Waals surface area contributed by atoms with E-state index in [1.807, 2.05) is 0 Å². The van der Waals surface area contributed by atoms with Gasteiger partial charge in [-0.15, -0.1) is 6.42 Å². The maximum absolute atomic E-state index is 5.22. The fraction of sp³-hybridized carbons (Fsp3) is 0. The highest BCUT2D eigenvalue weighted by Crippen LogP contribution is 2.12. The Labute approximate surface area is 84.4 Å². The van der Waals surface area contributed by atoms with E-state index in [1.165, 1.54) is 17.6 Å². The second kappa shape index (κ2) is 2.68. The fourth-order valence-corrected chi connectivity index (χ4v) is 1.23. The number of rotatable bonds is 0. The lowest BCUT2D eigenvalue weighted by Gasteiger charge is -2.26. The van der Waals surface area contributed by atoms with E-state index in [-0.39, 0.29) is 5.84 Å². The molecule has 0 saturated carbocycles. The van der Waals surface area contributed by atoms with Gasteiger partial charge in [0.25, 0.3) is 0 Å². The first-order valence-corrected chi connectivity index (χ1v) is 4.03. The van der Waals surface area contributed by atoms with E-state index < -0.39 is 0 Å². The number of nitrogens with zero attached hydrogens (tertiary/aromatic N) is 7. The first-order valence-electron chi connectivity index (χ1n) is 4.03. The molecule has 0 atom stereocenters. The quantitative estimate of drug-likeness (QED) is 0.481. The molecule has 3 heterocycles. The van der Waals surface area contributed by atoms with Gasteiger partial charge in [-0.05, 0) is 5.92 Å². The minimum atomic E-state index is 0.244. The largest absolute Gasteiger partial charge is 0.243 e. The molecular formula is C8H3N7. The molecule has 7 heteroatoms. The van der Waals surface area contributed by atoms with Gasteiger partial charge in [-0.1, -0.05) is 0 Å². The highest BCUT2D eigenvalue weighted by molar-refractivity contribution is 6.29. The maximum Gasteiger partial charge on any atom is 0.243 e. The van der Waals surface area contributed by atoms with Gasteiger partial charge in [0.1, 0.15) is 12.7 Å². The van der Waals surface area contributed by atoms with Crippen molar-refractivity contribution in [2.45, 2.75) is 0 Å². The summed E-state index contributed by atoms with van der Waals surface area (Å²) in [5.74, 6) is 3.79. The second-order valence-electron chi connectivity index (χ2n) is 2.67. The average Bonchev–Trinajstić information content (AvgIpc) is 2.29. The van der Waals surface area contributed by atoms with Crippen LogP contribution in [0.3, 0.4) is 0 Å². The molecule has 0 unspecified atom stereocenters. The van der Waals surface area contributed by atoms with Crippen LogP contribution in [0.4, 0.5) is 0 Å². The molecule has 7 nitrogen and oxygen atoms in total. The van der Waals surface area contributed by atoms with Gasteiger partial charge >= 0.3 is 0 Å². The SMILES string of the molecule is C#CC1=NC2=NC=NC3=NC=NC(=N1)N32. The van der Waals surface area contributed by atoms with Gasteiger partial charge in [-0.2, -0.15) is 9.98 Å². The van der Waals surface area contributed by atoms with Gasteiger partial charge in [-0.3, -0.25) is 0 Å². The summed E-state index contributed by atoms with van der Waals surface area (Å²) in [5.41, 5.74) is 0. The van der Waals surface area contributed by atoms with Gasteiger partial charge in [0, 0.05) is 0 Å². The molecule has 0 amide bonds. The molecule has 0 spiro atoms. The third kappa shape index (κ3) is 1.02. The molecule has 70 valence electrons. The predicted molar refractivity (Wildman–Crippen MR) is 57.4 cm³/mol. The molecule has 0 aromatic rings. The number of guanidine groups is 3. The van der Waals surface area contributed by atoms with E-state index in [2.05, 4.69) is 35.9 Å². The predicted octanol–water partition coefficient (Wildman–Crippen LogP) is -0.514.